The van der Waals surface area contributed by atoms with Crippen molar-refractivity contribution >= 4 is 11.8 Å². The third-order valence-electron chi connectivity index (χ3n) is 4.36. The summed E-state index contributed by atoms with van der Waals surface area (Å²) in [6.45, 7) is 2.38. The Bertz CT molecular complexity index is 666. The highest BCUT2D eigenvalue weighted by atomic mass is 16.3. The molecule has 1 aromatic carbocycles. The number of nitrogens with zero attached hydrogens (tertiary/aromatic N) is 3. The minimum absolute atomic E-state index is 0.0506. The molecule has 1 aliphatic rings. The van der Waals surface area contributed by atoms with E-state index in [-0.39, 0.29) is 18.7 Å². The highest BCUT2D eigenvalue weighted by Crippen LogP contribution is 2.17. The quantitative estimate of drug-likeness (QED) is 0.842. The summed E-state index contributed by atoms with van der Waals surface area (Å²) in [6, 6.07) is 15.6. The molecule has 0 spiro atoms. The van der Waals surface area contributed by atoms with Gasteiger partial charge in [-0.05, 0) is 24.1 Å². The Labute approximate surface area is 148 Å². The lowest BCUT2D eigenvalue weighted by Gasteiger charge is -2.25. The first kappa shape index (κ1) is 17.2. The summed E-state index contributed by atoms with van der Waals surface area (Å²) in [5.41, 5.74) is 1.05. The molecule has 6 nitrogen and oxygen atoms in total. The number of aliphatic hydroxyl groups is 1. The Morgan fingerprint density at radius 1 is 1.24 bits per heavy atom. The van der Waals surface area contributed by atoms with Crippen molar-refractivity contribution < 1.29 is 9.90 Å². The molecule has 2 N–H and O–H groups in total. The molecule has 2 heterocycles. The maximum Gasteiger partial charge on any atom is 0.318 e. The topological polar surface area (TPSA) is 68.7 Å². The number of aromatic nitrogens is 1. The van der Waals surface area contributed by atoms with Crippen LogP contribution in [0.3, 0.4) is 0 Å². The SMILES string of the molecule is O=C(N[C@@H]1CCN(c2ccccn2)C1)N(CCO)Cc1ccccc1. The van der Waals surface area contributed by atoms with Crippen LogP contribution in [0.4, 0.5) is 10.6 Å². The number of urea groups is 1. The van der Waals surface area contributed by atoms with Crippen molar-refractivity contribution in [3.63, 3.8) is 0 Å². The van der Waals surface area contributed by atoms with E-state index in [2.05, 4.69) is 15.2 Å². The fourth-order valence-corrected chi connectivity index (χ4v) is 3.07. The number of carbonyl (C=O) groups is 1. The molecule has 3 rings (SSSR count). The molecule has 132 valence electrons. The molecule has 25 heavy (non-hydrogen) atoms. The van der Waals surface area contributed by atoms with Crippen LogP contribution in [0.5, 0.6) is 0 Å². The molecular formula is C19H24N4O2. The number of pyridine rings is 1. The Morgan fingerprint density at radius 3 is 2.76 bits per heavy atom. The predicted octanol–water partition coefficient (Wildman–Crippen LogP) is 1.86. The van der Waals surface area contributed by atoms with E-state index in [1.165, 1.54) is 0 Å². The molecule has 1 fully saturated rings. The maximum atomic E-state index is 12.6. The average molecular weight is 340 g/mol. The van der Waals surface area contributed by atoms with E-state index in [0.29, 0.717) is 13.1 Å². The van der Waals surface area contributed by atoms with Gasteiger partial charge in [-0.3, -0.25) is 0 Å². The summed E-state index contributed by atoms with van der Waals surface area (Å²) in [5, 5.41) is 12.4. The first-order chi connectivity index (χ1) is 12.3. The van der Waals surface area contributed by atoms with Gasteiger partial charge in [0.1, 0.15) is 5.82 Å². The highest BCUT2D eigenvalue weighted by molar-refractivity contribution is 5.74. The molecule has 0 unspecified atom stereocenters. The van der Waals surface area contributed by atoms with Crippen LogP contribution in [0.25, 0.3) is 0 Å². The summed E-state index contributed by atoms with van der Waals surface area (Å²) in [5.74, 6) is 0.941. The van der Waals surface area contributed by atoms with Gasteiger partial charge in [0.15, 0.2) is 0 Å². The van der Waals surface area contributed by atoms with Crippen LogP contribution in [-0.4, -0.2) is 53.3 Å². The van der Waals surface area contributed by atoms with E-state index >= 15 is 0 Å². The van der Waals surface area contributed by atoms with Crippen molar-refractivity contribution in [2.24, 2.45) is 0 Å². The smallest absolute Gasteiger partial charge is 0.318 e. The highest BCUT2D eigenvalue weighted by Gasteiger charge is 2.26. The van der Waals surface area contributed by atoms with Gasteiger partial charge in [0, 0.05) is 38.4 Å². The Kier molecular flexibility index (Phi) is 5.85. The largest absolute Gasteiger partial charge is 0.395 e. The number of nitrogens with one attached hydrogen (secondary N) is 1. The second-order valence-corrected chi connectivity index (χ2v) is 6.20. The summed E-state index contributed by atoms with van der Waals surface area (Å²) < 4.78 is 0. The second kappa shape index (κ2) is 8.48. The number of aliphatic hydroxyl groups excluding tert-OH is 1. The lowest BCUT2D eigenvalue weighted by Crippen LogP contribution is -2.46. The maximum absolute atomic E-state index is 12.6. The van der Waals surface area contributed by atoms with Crippen molar-refractivity contribution in [2.45, 2.75) is 19.0 Å². The van der Waals surface area contributed by atoms with E-state index in [4.69, 9.17) is 0 Å². The zero-order valence-corrected chi connectivity index (χ0v) is 14.2. The van der Waals surface area contributed by atoms with Gasteiger partial charge in [-0.2, -0.15) is 0 Å². The van der Waals surface area contributed by atoms with Gasteiger partial charge < -0.3 is 20.2 Å². The average Bonchev–Trinajstić information content (AvgIpc) is 3.11. The van der Waals surface area contributed by atoms with Crippen LogP contribution in [0.2, 0.25) is 0 Å². The van der Waals surface area contributed by atoms with Crippen LogP contribution in [-0.2, 0) is 6.54 Å². The molecule has 2 aromatic rings. The Balaban J connectivity index is 1.56. The number of hydrogen-bond acceptors (Lipinski definition) is 4. The van der Waals surface area contributed by atoms with Crippen LogP contribution >= 0.6 is 0 Å². The van der Waals surface area contributed by atoms with Gasteiger partial charge in [0.2, 0.25) is 0 Å². The third-order valence-corrected chi connectivity index (χ3v) is 4.36. The fourth-order valence-electron chi connectivity index (χ4n) is 3.07. The predicted molar refractivity (Wildman–Crippen MR) is 97.3 cm³/mol. The number of anilines is 1. The lowest BCUT2D eigenvalue weighted by molar-refractivity contribution is 0.171. The molecule has 6 heteroatoms. The lowest BCUT2D eigenvalue weighted by atomic mass is 10.2. The van der Waals surface area contributed by atoms with E-state index < -0.39 is 0 Å². The molecule has 0 saturated carbocycles. The van der Waals surface area contributed by atoms with Gasteiger partial charge in [-0.25, -0.2) is 9.78 Å². The first-order valence-corrected chi connectivity index (χ1v) is 8.62. The van der Waals surface area contributed by atoms with Gasteiger partial charge in [0.05, 0.1) is 6.61 Å². The van der Waals surface area contributed by atoms with Crippen LogP contribution in [0, 0.1) is 0 Å². The summed E-state index contributed by atoms with van der Waals surface area (Å²) in [4.78, 5) is 20.8. The standard InChI is InChI=1S/C19H24N4O2/c24-13-12-23(14-16-6-2-1-3-7-16)19(25)21-17-9-11-22(15-17)18-8-4-5-10-20-18/h1-8,10,17,24H,9,11-15H2,(H,21,25)/t17-/m1/s1. The molecule has 0 radical (unpaired) electrons. The molecule has 1 aromatic heterocycles. The molecule has 0 aliphatic carbocycles. The van der Waals surface area contributed by atoms with Crippen LogP contribution in [0.1, 0.15) is 12.0 Å². The van der Waals surface area contributed by atoms with Crippen molar-refractivity contribution in [3.05, 3.63) is 60.3 Å². The molecule has 1 atom stereocenters. The van der Waals surface area contributed by atoms with Crippen LogP contribution < -0.4 is 10.2 Å². The number of amides is 2. The summed E-state index contributed by atoms with van der Waals surface area (Å²) in [7, 11) is 0. The molecular weight excluding hydrogens is 316 g/mol. The van der Waals surface area contributed by atoms with Crippen molar-refractivity contribution in [1.29, 1.82) is 0 Å². The first-order valence-electron chi connectivity index (χ1n) is 8.62. The monoisotopic (exact) mass is 340 g/mol. The van der Waals surface area contributed by atoms with E-state index in [0.717, 1.165) is 30.9 Å². The third kappa shape index (κ3) is 4.70. The van der Waals surface area contributed by atoms with E-state index in [9.17, 15) is 9.90 Å². The van der Waals surface area contributed by atoms with Crippen molar-refractivity contribution in [1.82, 2.24) is 15.2 Å². The number of carbonyl (C=O) groups excluding carboxylic acids is 1. The zero-order chi connectivity index (χ0) is 17.5. The summed E-state index contributed by atoms with van der Waals surface area (Å²) >= 11 is 0. The summed E-state index contributed by atoms with van der Waals surface area (Å²) in [6.07, 6.45) is 2.67. The number of rotatable bonds is 6. The number of benzene rings is 1. The normalized spacial score (nSPS) is 16.7. The van der Waals surface area contributed by atoms with E-state index in [1.54, 1.807) is 11.1 Å². The van der Waals surface area contributed by atoms with Crippen LogP contribution in [0.15, 0.2) is 54.7 Å². The van der Waals surface area contributed by atoms with Gasteiger partial charge in [0.25, 0.3) is 0 Å². The van der Waals surface area contributed by atoms with Gasteiger partial charge in [-0.15, -0.1) is 0 Å². The Morgan fingerprint density at radius 2 is 2.04 bits per heavy atom. The van der Waals surface area contributed by atoms with Gasteiger partial charge in [-0.1, -0.05) is 36.4 Å². The fraction of sp³-hybridized carbons (Fsp3) is 0.368. The molecule has 0 bridgehead atoms. The van der Waals surface area contributed by atoms with Gasteiger partial charge >= 0.3 is 6.03 Å². The molecule has 1 saturated heterocycles. The minimum Gasteiger partial charge on any atom is -0.395 e. The minimum atomic E-state index is -0.134. The Hall–Kier alpha value is -2.60. The van der Waals surface area contributed by atoms with E-state index in [1.807, 2.05) is 48.5 Å². The molecule has 2 amide bonds. The second-order valence-electron chi connectivity index (χ2n) is 6.20. The number of hydrogen-bond donors (Lipinski definition) is 2. The molecule has 1 aliphatic heterocycles. The zero-order valence-electron chi connectivity index (χ0n) is 14.2. The van der Waals surface area contributed by atoms with Crippen molar-refractivity contribution in [2.75, 3.05) is 31.1 Å². The van der Waals surface area contributed by atoms with Crippen molar-refractivity contribution in [3.8, 4) is 0 Å².